The van der Waals surface area contributed by atoms with E-state index >= 15 is 0 Å². The maximum absolute atomic E-state index is 11.4. The van der Waals surface area contributed by atoms with Crippen molar-refractivity contribution in [3.8, 4) is 0 Å². The molecule has 0 aromatic rings. The third-order valence-corrected chi connectivity index (χ3v) is 2.03. The van der Waals surface area contributed by atoms with Crippen LogP contribution in [0.3, 0.4) is 0 Å². The first-order chi connectivity index (χ1) is 7.00. The van der Waals surface area contributed by atoms with Crippen LogP contribution >= 0.6 is 0 Å². The molecular weight excluding hydrogens is 198 g/mol. The summed E-state index contributed by atoms with van der Waals surface area (Å²) in [7, 11) is 1.58. The van der Waals surface area contributed by atoms with Crippen LogP contribution < -0.4 is 5.32 Å². The molecule has 0 unspecified atom stereocenters. The van der Waals surface area contributed by atoms with Gasteiger partial charge in [0.05, 0.1) is 0 Å². The molecule has 5 nitrogen and oxygen atoms in total. The quantitative estimate of drug-likeness (QED) is 0.501. The van der Waals surface area contributed by atoms with E-state index in [1.165, 1.54) is 13.8 Å². The molecule has 0 aliphatic rings. The van der Waals surface area contributed by atoms with Gasteiger partial charge in [-0.15, -0.1) is 0 Å². The van der Waals surface area contributed by atoms with Crippen LogP contribution in [0.4, 0.5) is 0 Å². The van der Waals surface area contributed by atoms with Gasteiger partial charge in [0.1, 0.15) is 0 Å². The molecule has 0 aromatic heterocycles. The SMILES string of the molecule is COCCCNC(=O)/C(C)=C(/C)C(=O)O. The molecule has 0 atom stereocenters. The van der Waals surface area contributed by atoms with Gasteiger partial charge < -0.3 is 15.2 Å². The minimum Gasteiger partial charge on any atom is -0.478 e. The molecule has 1 amide bonds. The Hall–Kier alpha value is -1.36. The van der Waals surface area contributed by atoms with E-state index in [1.54, 1.807) is 7.11 Å². The second-order valence-corrected chi connectivity index (χ2v) is 3.16. The summed E-state index contributed by atoms with van der Waals surface area (Å²) in [6, 6.07) is 0. The van der Waals surface area contributed by atoms with Crippen molar-refractivity contribution >= 4 is 11.9 Å². The van der Waals surface area contributed by atoms with Crippen molar-refractivity contribution in [2.75, 3.05) is 20.3 Å². The lowest BCUT2D eigenvalue weighted by atomic mass is 10.1. The first-order valence-corrected chi connectivity index (χ1v) is 4.68. The average molecular weight is 215 g/mol. The normalized spacial score (nSPS) is 11.9. The highest BCUT2D eigenvalue weighted by Gasteiger charge is 2.11. The Balaban J connectivity index is 4.11. The number of hydrogen-bond acceptors (Lipinski definition) is 3. The van der Waals surface area contributed by atoms with Gasteiger partial charge in [-0.1, -0.05) is 0 Å². The predicted octanol–water partition coefficient (Wildman–Crippen LogP) is 0.560. The zero-order valence-corrected chi connectivity index (χ0v) is 9.29. The minimum atomic E-state index is -1.07. The average Bonchev–Trinajstić information content (AvgIpc) is 2.21. The van der Waals surface area contributed by atoms with Crippen LogP contribution in [-0.2, 0) is 14.3 Å². The summed E-state index contributed by atoms with van der Waals surface area (Å²) >= 11 is 0. The number of nitrogens with one attached hydrogen (secondary N) is 1. The van der Waals surface area contributed by atoms with Crippen molar-refractivity contribution in [3.05, 3.63) is 11.1 Å². The van der Waals surface area contributed by atoms with Gasteiger partial charge in [-0.2, -0.15) is 0 Å². The molecule has 15 heavy (non-hydrogen) atoms. The number of carboxylic acid groups (broad SMARTS) is 1. The first-order valence-electron chi connectivity index (χ1n) is 4.68. The Labute approximate surface area is 89.1 Å². The summed E-state index contributed by atoms with van der Waals surface area (Å²) in [4.78, 5) is 21.9. The molecular formula is C10H17NO4. The van der Waals surface area contributed by atoms with E-state index in [2.05, 4.69) is 5.32 Å². The molecule has 0 rings (SSSR count). The summed E-state index contributed by atoms with van der Waals surface area (Å²) < 4.78 is 4.81. The molecule has 0 aliphatic carbocycles. The van der Waals surface area contributed by atoms with E-state index in [-0.39, 0.29) is 17.1 Å². The van der Waals surface area contributed by atoms with E-state index in [0.717, 1.165) is 0 Å². The number of ether oxygens (including phenoxy) is 1. The number of hydrogen-bond donors (Lipinski definition) is 2. The largest absolute Gasteiger partial charge is 0.478 e. The number of methoxy groups -OCH3 is 1. The summed E-state index contributed by atoms with van der Waals surface area (Å²) in [5, 5.41) is 11.3. The predicted molar refractivity (Wildman–Crippen MR) is 55.5 cm³/mol. The summed E-state index contributed by atoms with van der Waals surface area (Å²) in [5.41, 5.74) is 0.305. The van der Waals surface area contributed by atoms with Gasteiger partial charge in [0, 0.05) is 31.4 Å². The summed E-state index contributed by atoms with van der Waals surface area (Å²) in [6.07, 6.45) is 0.710. The molecule has 0 aliphatic heterocycles. The Kier molecular flexibility index (Phi) is 6.37. The van der Waals surface area contributed by atoms with Gasteiger partial charge in [0.2, 0.25) is 5.91 Å². The number of aliphatic carboxylic acids is 1. The fraction of sp³-hybridized carbons (Fsp3) is 0.600. The zero-order chi connectivity index (χ0) is 11.8. The van der Waals surface area contributed by atoms with E-state index < -0.39 is 5.97 Å². The number of rotatable bonds is 6. The fourth-order valence-corrected chi connectivity index (χ4v) is 0.882. The number of carbonyl (C=O) groups excluding carboxylic acids is 1. The van der Waals surface area contributed by atoms with Crippen LogP contribution in [0, 0.1) is 0 Å². The number of carboxylic acids is 1. The number of carbonyl (C=O) groups is 2. The molecule has 0 saturated heterocycles. The third kappa shape index (κ3) is 5.17. The minimum absolute atomic E-state index is 0.0687. The maximum Gasteiger partial charge on any atom is 0.331 e. The highest BCUT2D eigenvalue weighted by molar-refractivity contribution is 6.01. The lowest BCUT2D eigenvalue weighted by Gasteiger charge is -2.06. The molecule has 0 bridgehead atoms. The van der Waals surface area contributed by atoms with Crippen molar-refractivity contribution < 1.29 is 19.4 Å². The van der Waals surface area contributed by atoms with Crippen LogP contribution in [0.5, 0.6) is 0 Å². The van der Waals surface area contributed by atoms with Crippen LogP contribution in [0.15, 0.2) is 11.1 Å². The second kappa shape index (κ2) is 7.00. The molecule has 0 fully saturated rings. The van der Waals surface area contributed by atoms with E-state index in [9.17, 15) is 9.59 Å². The van der Waals surface area contributed by atoms with Crippen molar-refractivity contribution in [1.29, 1.82) is 0 Å². The molecule has 0 aromatic carbocycles. The zero-order valence-electron chi connectivity index (χ0n) is 9.29. The van der Waals surface area contributed by atoms with Crippen molar-refractivity contribution in [3.63, 3.8) is 0 Å². The van der Waals surface area contributed by atoms with Crippen molar-refractivity contribution in [2.45, 2.75) is 20.3 Å². The van der Waals surface area contributed by atoms with Crippen LogP contribution in [0.1, 0.15) is 20.3 Å². The summed E-state index contributed by atoms with van der Waals surface area (Å²) in [5.74, 6) is -1.41. The van der Waals surface area contributed by atoms with Gasteiger partial charge in [-0.3, -0.25) is 4.79 Å². The lowest BCUT2D eigenvalue weighted by Crippen LogP contribution is -2.27. The first kappa shape index (κ1) is 13.6. The van der Waals surface area contributed by atoms with Gasteiger partial charge in [-0.25, -0.2) is 4.79 Å². The smallest absolute Gasteiger partial charge is 0.331 e. The van der Waals surface area contributed by atoms with Crippen LogP contribution in [-0.4, -0.2) is 37.2 Å². The van der Waals surface area contributed by atoms with Crippen molar-refractivity contribution in [2.24, 2.45) is 0 Å². The maximum atomic E-state index is 11.4. The van der Waals surface area contributed by atoms with Gasteiger partial charge in [0.25, 0.3) is 0 Å². The summed E-state index contributed by atoms with van der Waals surface area (Å²) in [6.45, 7) is 3.96. The van der Waals surface area contributed by atoms with E-state index in [4.69, 9.17) is 9.84 Å². The number of amides is 1. The lowest BCUT2D eigenvalue weighted by molar-refractivity contribution is -0.133. The van der Waals surface area contributed by atoms with Gasteiger partial charge in [-0.05, 0) is 20.3 Å². The Bertz CT molecular complexity index is 271. The molecule has 86 valence electrons. The van der Waals surface area contributed by atoms with Gasteiger partial charge >= 0.3 is 5.97 Å². The third-order valence-electron chi connectivity index (χ3n) is 2.03. The molecule has 0 heterocycles. The highest BCUT2D eigenvalue weighted by Crippen LogP contribution is 2.03. The highest BCUT2D eigenvalue weighted by atomic mass is 16.5. The monoisotopic (exact) mass is 215 g/mol. The van der Waals surface area contributed by atoms with Gasteiger partial charge in [0.15, 0.2) is 0 Å². The molecule has 5 heteroatoms. The van der Waals surface area contributed by atoms with Crippen LogP contribution in [0.25, 0.3) is 0 Å². The van der Waals surface area contributed by atoms with Crippen molar-refractivity contribution in [1.82, 2.24) is 5.32 Å². The Morgan fingerprint density at radius 2 is 1.87 bits per heavy atom. The Morgan fingerprint density at radius 1 is 1.27 bits per heavy atom. The standard InChI is InChI=1S/C10H17NO4/c1-7(8(2)10(13)14)9(12)11-5-4-6-15-3/h4-6H2,1-3H3,(H,11,12)(H,13,14)/b8-7-. The molecule has 0 saturated carbocycles. The molecule has 0 spiro atoms. The topological polar surface area (TPSA) is 75.6 Å². The second-order valence-electron chi connectivity index (χ2n) is 3.16. The van der Waals surface area contributed by atoms with Crippen LogP contribution in [0.2, 0.25) is 0 Å². The van der Waals surface area contributed by atoms with E-state index in [1.807, 2.05) is 0 Å². The Morgan fingerprint density at radius 3 is 2.33 bits per heavy atom. The van der Waals surface area contributed by atoms with E-state index in [0.29, 0.717) is 19.6 Å². The molecule has 2 N–H and O–H groups in total. The fourth-order valence-electron chi connectivity index (χ4n) is 0.882. The molecule has 0 radical (unpaired) electrons.